The van der Waals surface area contributed by atoms with E-state index >= 15 is 0 Å². The van der Waals surface area contributed by atoms with E-state index in [0.717, 1.165) is 33.2 Å². The Morgan fingerprint density at radius 2 is 1.86 bits per heavy atom. The Morgan fingerprint density at radius 1 is 1.00 bits per heavy atom. The van der Waals surface area contributed by atoms with Crippen LogP contribution in [0.1, 0.15) is 10.5 Å². The fourth-order valence-electron chi connectivity index (χ4n) is 3.12. The van der Waals surface area contributed by atoms with Crippen molar-refractivity contribution in [1.82, 2.24) is 10.3 Å². The van der Waals surface area contributed by atoms with Crippen LogP contribution >= 0.6 is 0 Å². The zero-order valence-electron chi connectivity index (χ0n) is 16.0. The van der Waals surface area contributed by atoms with Crippen molar-refractivity contribution in [2.45, 2.75) is 0 Å². The van der Waals surface area contributed by atoms with Gasteiger partial charge in [-0.2, -0.15) is 0 Å². The smallest absolute Gasteiger partial charge is 0.268 e. The molecule has 5 heteroatoms. The summed E-state index contributed by atoms with van der Waals surface area (Å²) in [6, 6.07) is 21.4. The first-order chi connectivity index (χ1) is 14.2. The van der Waals surface area contributed by atoms with Crippen molar-refractivity contribution in [2.24, 2.45) is 0 Å². The maximum absolute atomic E-state index is 12.3. The molecular formula is C24H20N2O3. The summed E-state index contributed by atoms with van der Waals surface area (Å²) < 4.78 is 11.0. The molecule has 0 spiro atoms. The number of benzene rings is 3. The number of amides is 1. The average Bonchev–Trinajstić information content (AvgIpc) is 3.19. The molecule has 0 fully saturated rings. The lowest BCUT2D eigenvalue weighted by atomic mass is 10.1. The molecule has 144 valence electrons. The summed E-state index contributed by atoms with van der Waals surface area (Å²) in [5.41, 5.74) is 1.34. The Labute approximate surface area is 168 Å². The van der Waals surface area contributed by atoms with Crippen molar-refractivity contribution in [3.05, 3.63) is 72.4 Å². The van der Waals surface area contributed by atoms with E-state index in [0.29, 0.717) is 5.69 Å². The second-order valence-corrected chi connectivity index (χ2v) is 6.44. The van der Waals surface area contributed by atoms with Gasteiger partial charge in [-0.3, -0.25) is 4.79 Å². The van der Waals surface area contributed by atoms with Gasteiger partial charge in [0.15, 0.2) is 0 Å². The third kappa shape index (κ3) is 4.17. The predicted octanol–water partition coefficient (Wildman–Crippen LogP) is 4.14. The van der Waals surface area contributed by atoms with Crippen LogP contribution in [-0.4, -0.2) is 31.2 Å². The van der Waals surface area contributed by atoms with Crippen LogP contribution < -0.4 is 14.8 Å². The van der Waals surface area contributed by atoms with Crippen LogP contribution in [0.3, 0.4) is 0 Å². The lowest BCUT2D eigenvalue weighted by molar-refractivity contribution is 0.0954. The Morgan fingerprint density at radius 3 is 2.76 bits per heavy atom. The molecule has 0 aliphatic carbocycles. The highest BCUT2D eigenvalue weighted by molar-refractivity contribution is 5.98. The van der Waals surface area contributed by atoms with Crippen LogP contribution in [-0.2, 0) is 0 Å². The summed E-state index contributed by atoms with van der Waals surface area (Å²) in [7, 11) is 1.61. The van der Waals surface area contributed by atoms with Crippen molar-refractivity contribution in [3.8, 4) is 23.3 Å². The highest BCUT2D eigenvalue weighted by Crippen LogP contribution is 2.25. The summed E-state index contributed by atoms with van der Waals surface area (Å²) in [5.74, 6) is 7.18. The molecule has 0 bridgehead atoms. The Hall–Kier alpha value is -3.91. The molecule has 5 nitrogen and oxygen atoms in total. The van der Waals surface area contributed by atoms with Crippen LogP contribution in [0.2, 0.25) is 0 Å². The van der Waals surface area contributed by atoms with Crippen molar-refractivity contribution in [2.75, 3.05) is 20.3 Å². The van der Waals surface area contributed by atoms with Gasteiger partial charge in [-0.05, 0) is 29.7 Å². The van der Waals surface area contributed by atoms with E-state index < -0.39 is 0 Å². The topological polar surface area (TPSA) is 63.4 Å². The molecule has 0 aliphatic heterocycles. The number of carbonyl (C=O) groups excluding carboxylic acids is 1. The van der Waals surface area contributed by atoms with E-state index in [2.05, 4.69) is 22.1 Å². The van der Waals surface area contributed by atoms with E-state index in [4.69, 9.17) is 9.47 Å². The van der Waals surface area contributed by atoms with Crippen molar-refractivity contribution >= 4 is 27.6 Å². The number of hydrogen-bond acceptors (Lipinski definition) is 3. The van der Waals surface area contributed by atoms with Crippen molar-refractivity contribution in [1.29, 1.82) is 0 Å². The molecule has 0 radical (unpaired) electrons. The van der Waals surface area contributed by atoms with Gasteiger partial charge in [-0.15, -0.1) is 0 Å². The van der Waals surface area contributed by atoms with Gasteiger partial charge in [0.25, 0.3) is 5.91 Å². The summed E-state index contributed by atoms with van der Waals surface area (Å²) in [6.07, 6.45) is 0. The number of carbonyl (C=O) groups is 1. The predicted molar refractivity (Wildman–Crippen MR) is 114 cm³/mol. The first-order valence-electron chi connectivity index (χ1n) is 9.26. The largest absolute Gasteiger partial charge is 0.497 e. The quantitative estimate of drug-likeness (QED) is 0.508. The summed E-state index contributed by atoms with van der Waals surface area (Å²) in [6.45, 7) is 0.506. The molecule has 0 atom stereocenters. The fourth-order valence-corrected chi connectivity index (χ4v) is 3.12. The van der Waals surface area contributed by atoms with Crippen molar-refractivity contribution in [3.63, 3.8) is 0 Å². The van der Waals surface area contributed by atoms with Crippen LogP contribution in [0, 0.1) is 11.8 Å². The molecule has 4 aromatic rings. The van der Waals surface area contributed by atoms with Crippen LogP contribution in [0.4, 0.5) is 0 Å². The molecule has 0 saturated heterocycles. The molecule has 0 aliphatic rings. The molecule has 0 saturated carbocycles. The minimum atomic E-state index is -0.204. The maximum atomic E-state index is 12.3. The number of nitrogens with one attached hydrogen (secondary N) is 2. The van der Waals surface area contributed by atoms with Crippen LogP contribution in [0.25, 0.3) is 21.7 Å². The number of fused-ring (bicyclic) bond motifs is 2. The zero-order valence-corrected chi connectivity index (χ0v) is 16.0. The van der Waals surface area contributed by atoms with Gasteiger partial charge in [0, 0.05) is 22.4 Å². The molecule has 1 aromatic heterocycles. The first kappa shape index (κ1) is 18.5. The number of rotatable bonds is 5. The van der Waals surface area contributed by atoms with E-state index in [1.165, 1.54) is 0 Å². The summed E-state index contributed by atoms with van der Waals surface area (Å²) in [4.78, 5) is 15.4. The molecule has 1 heterocycles. The van der Waals surface area contributed by atoms with Gasteiger partial charge in [0.1, 0.15) is 23.8 Å². The van der Waals surface area contributed by atoms with Crippen molar-refractivity contribution < 1.29 is 14.3 Å². The third-order valence-electron chi connectivity index (χ3n) is 4.59. The van der Waals surface area contributed by atoms with E-state index in [-0.39, 0.29) is 19.1 Å². The normalized spacial score (nSPS) is 10.4. The SMILES string of the molecule is COc1ccc2cc(C(=O)NCC#CCOc3cccc4ccccc34)[nH]c2c1. The lowest BCUT2D eigenvalue weighted by Gasteiger charge is -2.06. The number of aromatic amines is 1. The second-order valence-electron chi connectivity index (χ2n) is 6.44. The fraction of sp³-hybridized carbons (Fsp3) is 0.125. The van der Waals surface area contributed by atoms with E-state index in [9.17, 15) is 4.79 Å². The molecule has 29 heavy (non-hydrogen) atoms. The standard InChI is InChI=1S/C24H20N2O3/c1-28-19-12-11-18-15-22(26-21(18)16-19)24(27)25-13-4-5-14-29-23-10-6-8-17-7-2-3-9-20(17)23/h2-3,6-12,15-16,26H,13-14H2,1H3,(H,25,27). The number of ether oxygens (including phenoxy) is 2. The Kier molecular flexibility index (Phi) is 5.35. The average molecular weight is 384 g/mol. The number of aromatic nitrogens is 1. The first-order valence-corrected chi connectivity index (χ1v) is 9.26. The molecular weight excluding hydrogens is 364 g/mol. The Bertz CT molecular complexity index is 1230. The number of H-pyrrole nitrogens is 1. The molecule has 4 rings (SSSR count). The van der Waals surface area contributed by atoms with Gasteiger partial charge in [-0.1, -0.05) is 48.2 Å². The molecule has 2 N–H and O–H groups in total. The molecule has 1 amide bonds. The minimum Gasteiger partial charge on any atom is -0.497 e. The van der Waals surface area contributed by atoms with E-state index in [1.807, 2.05) is 60.7 Å². The Balaban J connectivity index is 1.31. The number of hydrogen-bond donors (Lipinski definition) is 2. The van der Waals surface area contributed by atoms with E-state index in [1.54, 1.807) is 13.2 Å². The van der Waals surface area contributed by atoms with Gasteiger partial charge in [0.05, 0.1) is 13.7 Å². The zero-order chi connectivity index (χ0) is 20.1. The van der Waals surface area contributed by atoms with Crippen LogP contribution in [0.5, 0.6) is 11.5 Å². The second kappa shape index (κ2) is 8.41. The number of methoxy groups -OCH3 is 1. The lowest BCUT2D eigenvalue weighted by Crippen LogP contribution is -2.23. The monoisotopic (exact) mass is 384 g/mol. The highest BCUT2D eigenvalue weighted by atomic mass is 16.5. The maximum Gasteiger partial charge on any atom is 0.268 e. The van der Waals surface area contributed by atoms with Gasteiger partial charge < -0.3 is 19.8 Å². The highest BCUT2D eigenvalue weighted by Gasteiger charge is 2.09. The summed E-state index contributed by atoms with van der Waals surface area (Å²) >= 11 is 0. The van der Waals surface area contributed by atoms with Gasteiger partial charge in [-0.25, -0.2) is 0 Å². The van der Waals surface area contributed by atoms with Gasteiger partial charge in [0.2, 0.25) is 0 Å². The van der Waals surface area contributed by atoms with Crippen LogP contribution in [0.15, 0.2) is 66.7 Å². The molecule has 3 aromatic carbocycles. The minimum absolute atomic E-state index is 0.204. The van der Waals surface area contributed by atoms with Gasteiger partial charge >= 0.3 is 0 Å². The summed E-state index contributed by atoms with van der Waals surface area (Å²) in [5, 5.41) is 5.92. The molecule has 0 unspecified atom stereocenters. The third-order valence-corrected chi connectivity index (χ3v) is 4.59.